The summed E-state index contributed by atoms with van der Waals surface area (Å²) >= 11 is 0. The summed E-state index contributed by atoms with van der Waals surface area (Å²) in [5.41, 5.74) is 2.65. The Morgan fingerprint density at radius 3 is 2.55 bits per heavy atom. The number of nitrogens with zero attached hydrogens (tertiary/aromatic N) is 2. The number of aliphatic hydroxyl groups excluding tert-OH is 1. The summed E-state index contributed by atoms with van der Waals surface area (Å²) in [5.74, 6) is 0.143. The molecule has 0 spiro atoms. The molecular weight excluding hydrogens is 496 g/mol. The van der Waals surface area contributed by atoms with Crippen LogP contribution in [0.1, 0.15) is 57.9 Å². The minimum absolute atomic E-state index is 0.143. The molecule has 212 valence electrons. The lowest BCUT2D eigenvalue weighted by Gasteiger charge is -2.43. The number of hydrogen-bond donors (Lipinski definition) is 2. The number of benzene rings is 1. The first-order chi connectivity index (χ1) is 19.3. The van der Waals surface area contributed by atoms with Crippen molar-refractivity contribution in [3.63, 3.8) is 0 Å². The maximum absolute atomic E-state index is 12.2. The summed E-state index contributed by atoms with van der Waals surface area (Å²) in [6.45, 7) is 10.5. The van der Waals surface area contributed by atoms with E-state index < -0.39 is 17.1 Å². The first kappa shape index (κ1) is 29.9. The van der Waals surface area contributed by atoms with E-state index in [2.05, 4.69) is 34.9 Å². The predicted molar refractivity (Wildman–Crippen MR) is 164 cm³/mol. The Labute approximate surface area is 239 Å². The quantitative estimate of drug-likeness (QED) is 0.289. The van der Waals surface area contributed by atoms with Crippen molar-refractivity contribution in [1.29, 1.82) is 0 Å². The van der Waals surface area contributed by atoms with Gasteiger partial charge in [0, 0.05) is 5.41 Å². The molecule has 0 radical (unpaired) electrons. The fraction of sp³-hybridized carbons (Fsp3) is 0.429. The maximum Gasteiger partial charge on any atom is 0.117 e. The molecule has 2 atom stereocenters. The van der Waals surface area contributed by atoms with Crippen molar-refractivity contribution in [2.75, 3.05) is 19.6 Å². The van der Waals surface area contributed by atoms with Crippen LogP contribution in [0.5, 0.6) is 0 Å². The second-order valence-electron chi connectivity index (χ2n) is 11.7. The highest BCUT2D eigenvalue weighted by Gasteiger charge is 2.42. The van der Waals surface area contributed by atoms with Crippen LogP contribution < -0.4 is 0 Å². The van der Waals surface area contributed by atoms with E-state index >= 15 is 0 Å². The van der Waals surface area contributed by atoms with Gasteiger partial charge in [0.25, 0.3) is 0 Å². The van der Waals surface area contributed by atoms with Crippen molar-refractivity contribution in [3.8, 4) is 0 Å². The monoisotopic (exact) mass is 540 g/mol. The SMILES string of the molecule is C=C(N=O)C(C)(C)C1=CC=C(C(O)CCCN2CCC(C(O)(C3=CCC=CC=C3)c3ccccc3)CC2)CC=C1. The van der Waals surface area contributed by atoms with Gasteiger partial charge in [0.1, 0.15) is 5.60 Å². The number of hydrogen-bond acceptors (Lipinski definition) is 5. The molecule has 1 heterocycles. The summed E-state index contributed by atoms with van der Waals surface area (Å²) in [4.78, 5) is 13.5. The standard InChI is InChI=1S/C35H44N2O3/c1-27(36-40)34(2,3)29-18-11-13-28(20-21-29)33(38)19-12-24-37-25-22-32(23-26-37)35(39,31-16-9-6-10-17-31)30-14-7-4-5-8-15-30/h4-7,9-11,14-18,20-21,32-33,38-39H,1,8,12-13,19,22-26H2,2-3H3. The van der Waals surface area contributed by atoms with Gasteiger partial charge in [0.15, 0.2) is 0 Å². The first-order valence-corrected chi connectivity index (χ1v) is 14.6. The van der Waals surface area contributed by atoms with Crippen LogP contribution in [0.3, 0.4) is 0 Å². The normalized spacial score (nSPS) is 20.9. The van der Waals surface area contributed by atoms with Crippen LogP contribution in [0.4, 0.5) is 0 Å². The molecule has 1 saturated heterocycles. The molecule has 5 heteroatoms. The van der Waals surface area contributed by atoms with Gasteiger partial charge in [-0.3, -0.25) is 0 Å². The topological polar surface area (TPSA) is 73.1 Å². The summed E-state index contributed by atoms with van der Waals surface area (Å²) in [6.07, 6.45) is 22.9. The number of nitroso groups, excluding NO2 is 1. The highest BCUT2D eigenvalue weighted by molar-refractivity contribution is 5.42. The van der Waals surface area contributed by atoms with Gasteiger partial charge in [-0.15, -0.1) is 4.91 Å². The summed E-state index contributed by atoms with van der Waals surface area (Å²) in [5, 5.41) is 26.2. The van der Waals surface area contributed by atoms with Crippen molar-refractivity contribution >= 4 is 0 Å². The molecular formula is C35H44N2O3. The summed E-state index contributed by atoms with van der Waals surface area (Å²) in [6, 6.07) is 10.1. The van der Waals surface area contributed by atoms with Crippen molar-refractivity contribution in [3.05, 3.63) is 124 Å². The average Bonchev–Trinajstić information content (AvgIpc) is 3.42. The lowest BCUT2D eigenvalue weighted by atomic mass is 9.71. The van der Waals surface area contributed by atoms with E-state index in [-0.39, 0.29) is 5.92 Å². The van der Waals surface area contributed by atoms with Gasteiger partial charge in [-0.25, -0.2) is 0 Å². The number of rotatable bonds is 11. The van der Waals surface area contributed by atoms with E-state index in [0.29, 0.717) is 18.5 Å². The Kier molecular flexibility index (Phi) is 10.1. The molecule has 2 aliphatic carbocycles. The zero-order valence-corrected chi connectivity index (χ0v) is 24.0. The minimum Gasteiger partial charge on any atom is -0.389 e. The molecule has 0 bridgehead atoms. The third-order valence-corrected chi connectivity index (χ3v) is 8.89. The highest BCUT2D eigenvalue weighted by atomic mass is 16.3. The second kappa shape index (κ2) is 13.5. The van der Waals surface area contributed by atoms with Crippen molar-refractivity contribution in [2.45, 2.75) is 64.1 Å². The number of piperidine rings is 1. The first-order valence-electron chi connectivity index (χ1n) is 14.6. The number of likely N-dealkylation sites (tertiary alicyclic amines) is 1. The molecule has 3 aliphatic rings. The van der Waals surface area contributed by atoms with E-state index in [9.17, 15) is 15.1 Å². The fourth-order valence-corrected chi connectivity index (χ4v) is 6.05. The molecule has 0 amide bonds. The molecule has 40 heavy (non-hydrogen) atoms. The molecule has 0 aromatic heterocycles. The van der Waals surface area contributed by atoms with E-state index in [1.807, 2.05) is 80.6 Å². The van der Waals surface area contributed by atoms with E-state index in [0.717, 1.165) is 67.6 Å². The van der Waals surface area contributed by atoms with Gasteiger partial charge in [0.05, 0.1) is 11.8 Å². The van der Waals surface area contributed by atoms with E-state index in [4.69, 9.17) is 0 Å². The second-order valence-corrected chi connectivity index (χ2v) is 11.7. The smallest absolute Gasteiger partial charge is 0.117 e. The van der Waals surface area contributed by atoms with Gasteiger partial charge in [-0.1, -0.05) is 105 Å². The third-order valence-electron chi connectivity index (χ3n) is 8.89. The van der Waals surface area contributed by atoms with Crippen LogP contribution in [0, 0.1) is 16.2 Å². The van der Waals surface area contributed by atoms with Crippen molar-refractivity contribution in [2.24, 2.45) is 16.5 Å². The highest BCUT2D eigenvalue weighted by Crippen LogP contribution is 2.43. The van der Waals surface area contributed by atoms with E-state index in [1.54, 1.807) is 0 Å². The Hall–Kier alpha value is -3.12. The van der Waals surface area contributed by atoms with Gasteiger partial charge < -0.3 is 15.1 Å². The minimum atomic E-state index is -0.999. The zero-order valence-electron chi connectivity index (χ0n) is 24.0. The van der Waals surface area contributed by atoms with Gasteiger partial charge in [0.2, 0.25) is 0 Å². The van der Waals surface area contributed by atoms with Gasteiger partial charge in [-0.2, -0.15) is 0 Å². The number of allylic oxidation sites excluding steroid dienone is 9. The molecule has 1 fully saturated rings. The molecule has 2 N–H and O–H groups in total. The summed E-state index contributed by atoms with van der Waals surface area (Å²) < 4.78 is 0. The number of aliphatic hydroxyl groups is 2. The fourth-order valence-electron chi connectivity index (χ4n) is 6.05. The third kappa shape index (κ3) is 6.77. The van der Waals surface area contributed by atoms with Crippen LogP contribution >= 0.6 is 0 Å². The Balaban J connectivity index is 1.32. The largest absolute Gasteiger partial charge is 0.389 e. The van der Waals surface area contributed by atoms with Crippen molar-refractivity contribution < 1.29 is 10.2 Å². The molecule has 1 aromatic rings. The Bertz CT molecular complexity index is 1230. The van der Waals surface area contributed by atoms with Crippen LogP contribution in [0.2, 0.25) is 0 Å². The van der Waals surface area contributed by atoms with Gasteiger partial charge >= 0.3 is 0 Å². The Morgan fingerprint density at radius 1 is 1.07 bits per heavy atom. The average molecular weight is 541 g/mol. The summed E-state index contributed by atoms with van der Waals surface area (Å²) in [7, 11) is 0. The molecule has 5 nitrogen and oxygen atoms in total. The van der Waals surface area contributed by atoms with Crippen LogP contribution in [-0.2, 0) is 5.60 Å². The lowest BCUT2D eigenvalue weighted by Crippen LogP contribution is -2.44. The van der Waals surface area contributed by atoms with Crippen LogP contribution in [-0.4, -0.2) is 40.9 Å². The molecule has 4 rings (SSSR count). The Morgan fingerprint density at radius 2 is 1.82 bits per heavy atom. The van der Waals surface area contributed by atoms with E-state index in [1.165, 1.54) is 0 Å². The lowest BCUT2D eigenvalue weighted by molar-refractivity contribution is -0.0153. The predicted octanol–water partition coefficient (Wildman–Crippen LogP) is 7.29. The van der Waals surface area contributed by atoms with Crippen LogP contribution in [0.25, 0.3) is 0 Å². The van der Waals surface area contributed by atoms with Crippen LogP contribution in [0.15, 0.2) is 119 Å². The molecule has 0 saturated carbocycles. The van der Waals surface area contributed by atoms with Gasteiger partial charge in [-0.05, 0) is 91.5 Å². The van der Waals surface area contributed by atoms with Crippen molar-refractivity contribution in [1.82, 2.24) is 4.90 Å². The maximum atomic E-state index is 12.2. The molecule has 1 aromatic carbocycles. The molecule has 1 aliphatic heterocycles. The molecule has 2 unspecified atom stereocenters. The zero-order chi connectivity index (χ0) is 28.6.